The molecular formula is C16H18F2N4O. The molecule has 2 aromatic rings. The highest BCUT2D eigenvalue weighted by Crippen LogP contribution is 2.24. The fourth-order valence-corrected chi connectivity index (χ4v) is 2.24. The van der Waals surface area contributed by atoms with Crippen LogP contribution in [-0.4, -0.2) is 30.5 Å². The van der Waals surface area contributed by atoms with Crippen molar-refractivity contribution in [3.63, 3.8) is 0 Å². The van der Waals surface area contributed by atoms with Crippen molar-refractivity contribution < 1.29 is 13.2 Å². The molecule has 0 bridgehead atoms. The van der Waals surface area contributed by atoms with Crippen LogP contribution < -0.4 is 5.32 Å². The molecule has 0 radical (unpaired) electrons. The van der Waals surface area contributed by atoms with Crippen molar-refractivity contribution in [2.45, 2.75) is 19.4 Å². The number of likely N-dealkylation sites (N-methyl/N-ethyl adjacent to an activating group) is 1. The standard InChI is InChI=1S/C16H18F2N4O/c1-4-15-21-13(8-19)16(23-15)20-9-14(22(2)3)11-6-5-10(17)7-12(11)18/h5-7,14,20H,4,9H2,1-3H3/t14-/m0/s1. The lowest BCUT2D eigenvalue weighted by molar-refractivity contribution is 0.302. The van der Waals surface area contributed by atoms with Crippen LogP contribution in [0.2, 0.25) is 0 Å². The van der Waals surface area contributed by atoms with Gasteiger partial charge in [-0.3, -0.25) is 0 Å². The molecule has 0 aliphatic heterocycles. The van der Waals surface area contributed by atoms with E-state index in [4.69, 9.17) is 9.68 Å². The highest BCUT2D eigenvalue weighted by atomic mass is 19.1. The normalized spacial score (nSPS) is 12.2. The van der Waals surface area contributed by atoms with Gasteiger partial charge in [0.15, 0.2) is 5.89 Å². The minimum atomic E-state index is -0.619. The van der Waals surface area contributed by atoms with E-state index in [0.29, 0.717) is 17.9 Å². The van der Waals surface area contributed by atoms with Crippen molar-refractivity contribution in [2.24, 2.45) is 0 Å². The fourth-order valence-electron chi connectivity index (χ4n) is 2.24. The maximum absolute atomic E-state index is 14.0. The van der Waals surface area contributed by atoms with E-state index < -0.39 is 11.6 Å². The first-order valence-corrected chi connectivity index (χ1v) is 7.21. The Balaban J connectivity index is 2.21. The predicted molar refractivity (Wildman–Crippen MR) is 81.9 cm³/mol. The molecule has 1 aromatic heterocycles. The summed E-state index contributed by atoms with van der Waals surface area (Å²) in [6, 6.07) is 5.09. The third kappa shape index (κ3) is 3.85. The summed E-state index contributed by atoms with van der Waals surface area (Å²) in [6.45, 7) is 2.15. The smallest absolute Gasteiger partial charge is 0.232 e. The lowest BCUT2D eigenvalue weighted by Crippen LogP contribution is -2.27. The molecule has 0 spiro atoms. The van der Waals surface area contributed by atoms with E-state index in [1.807, 2.05) is 13.0 Å². The monoisotopic (exact) mass is 320 g/mol. The highest BCUT2D eigenvalue weighted by molar-refractivity contribution is 5.45. The molecule has 1 atom stereocenters. The number of halogens is 2. The van der Waals surface area contributed by atoms with Crippen LogP contribution in [0.25, 0.3) is 0 Å². The average Bonchev–Trinajstić information content (AvgIpc) is 2.91. The van der Waals surface area contributed by atoms with Crippen molar-refractivity contribution in [3.05, 3.63) is 47.0 Å². The summed E-state index contributed by atoms with van der Waals surface area (Å²) < 4.78 is 32.5. The maximum Gasteiger partial charge on any atom is 0.232 e. The molecule has 0 aliphatic rings. The topological polar surface area (TPSA) is 65.1 Å². The van der Waals surface area contributed by atoms with Crippen LogP contribution in [-0.2, 0) is 6.42 Å². The van der Waals surface area contributed by atoms with Crippen molar-refractivity contribution in [1.82, 2.24) is 9.88 Å². The number of nitrogens with zero attached hydrogens (tertiary/aromatic N) is 3. The second-order valence-electron chi connectivity index (χ2n) is 5.28. The van der Waals surface area contributed by atoms with Gasteiger partial charge in [0.25, 0.3) is 0 Å². The Morgan fingerprint density at radius 1 is 1.39 bits per heavy atom. The van der Waals surface area contributed by atoms with Crippen molar-refractivity contribution in [2.75, 3.05) is 26.0 Å². The molecule has 1 heterocycles. The first-order chi connectivity index (χ1) is 11.0. The van der Waals surface area contributed by atoms with Gasteiger partial charge in [-0.1, -0.05) is 13.0 Å². The van der Waals surface area contributed by atoms with Crippen LogP contribution in [0.3, 0.4) is 0 Å². The minimum absolute atomic E-state index is 0.166. The quantitative estimate of drug-likeness (QED) is 0.886. The third-order valence-corrected chi connectivity index (χ3v) is 3.48. The number of nitrogens with one attached hydrogen (secondary N) is 1. The minimum Gasteiger partial charge on any atom is -0.424 e. The third-order valence-electron chi connectivity index (χ3n) is 3.48. The average molecular weight is 320 g/mol. The van der Waals surface area contributed by atoms with Crippen LogP contribution in [0, 0.1) is 23.0 Å². The van der Waals surface area contributed by atoms with Crippen molar-refractivity contribution in [3.8, 4) is 6.07 Å². The SMILES string of the molecule is CCc1nc(C#N)c(NC[C@@H](c2ccc(F)cc2F)N(C)C)o1. The summed E-state index contributed by atoms with van der Waals surface area (Å²) in [5.41, 5.74) is 0.525. The van der Waals surface area contributed by atoms with E-state index >= 15 is 0 Å². The Labute approximate surface area is 133 Å². The van der Waals surface area contributed by atoms with Gasteiger partial charge in [0.05, 0.1) is 6.04 Å². The van der Waals surface area contributed by atoms with Crippen molar-refractivity contribution >= 4 is 5.88 Å². The molecule has 0 saturated carbocycles. The van der Waals surface area contributed by atoms with E-state index in [1.54, 1.807) is 19.0 Å². The molecule has 122 valence electrons. The Morgan fingerprint density at radius 2 is 2.13 bits per heavy atom. The van der Waals surface area contributed by atoms with Crippen LogP contribution in [0.15, 0.2) is 22.6 Å². The van der Waals surface area contributed by atoms with E-state index in [1.165, 1.54) is 12.1 Å². The lowest BCUT2D eigenvalue weighted by Gasteiger charge is -2.25. The van der Waals surface area contributed by atoms with Crippen LogP contribution >= 0.6 is 0 Å². The molecule has 5 nitrogen and oxygen atoms in total. The molecule has 1 aromatic carbocycles. The Kier molecular flexibility index (Phi) is 5.29. The lowest BCUT2D eigenvalue weighted by atomic mass is 10.1. The summed E-state index contributed by atoms with van der Waals surface area (Å²) in [6.07, 6.45) is 0.570. The molecule has 0 fully saturated rings. The number of hydrogen-bond acceptors (Lipinski definition) is 5. The van der Waals surface area contributed by atoms with Gasteiger partial charge < -0.3 is 14.6 Å². The van der Waals surface area contributed by atoms with Gasteiger partial charge in [0.2, 0.25) is 11.6 Å². The number of nitriles is 1. The fraction of sp³-hybridized carbons (Fsp3) is 0.375. The first-order valence-electron chi connectivity index (χ1n) is 7.21. The summed E-state index contributed by atoms with van der Waals surface area (Å²) in [5.74, 6) is -0.513. The molecule has 2 rings (SSSR count). The maximum atomic E-state index is 14.0. The second kappa shape index (κ2) is 7.20. The van der Waals surface area contributed by atoms with E-state index in [-0.39, 0.29) is 24.2 Å². The molecule has 7 heteroatoms. The molecule has 0 saturated heterocycles. The van der Waals surface area contributed by atoms with Crippen LogP contribution in [0.5, 0.6) is 0 Å². The van der Waals surface area contributed by atoms with Gasteiger partial charge >= 0.3 is 0 Å². The van der Waals surface area contributed by atoms with E-state index in [0.717, 1.165) is 6.07 Å². The molecule has 1 N–H and O–H groups in total. The first kappa shape index (κ1) is 16.9. The van der Waals surface area contributed by atoms with Gasteiger partial charge in [0, 0.05) is 24.6 Å². The second-order valence-corrected chi connectivity index (χ2v) is 5.28. The number of oxazole rings is 1. The zero-order valence-corrected chi connectivity index (χ0v) is 13.2. The molecule has 0 amide bonds. The Morgan fingerprint density at radius 3 is 2.70 bits per heavy atom. The number of anilines is 1. The highest BCUT2D eigenvalue weighted by Gasteiger charge is 2.20. The summed E-state index contributed by atoms with van der Waals surface area (Å²) >= 11 is 0. The van der Waals surface area contributed by atoms with Crippen LogP contribution in [0.1, 0.15) is 30.1 Å². The molecule has 0 unspecified atom stereocenters. The summed E-state index contributed by atoms with van der Waals surface area (Å²) in [5, 5.41) is 12.1. The molecule has 0 aliphatic carbocycles. The van der Waals surface area contributed by atoms with E-state index in [9.17, 15) is 8.78 Å². The molecule has 23 heavy (non-hydrogen) atoms. The Bertz CT molecular complexity index is 721. The van der Waals surface area contributed by atoms with Gasteiger partial charge in [-0.25, -0.2) is 13.8 Å². The number of aromatic nitrogens is 1. The van der Waals surface area contributed by atoms with Crippen LogP contribution in [0.4, 0.5) is 14.7 Å². The summed E-state index contributed by atoms with van der Waals surface area (Å²) in [4.78, 5) is 5.84. The number of aryl methyl sites for hydroxylation is 1. The number of benzene rings is 1. The predicted octanol–water partition coefficient (Wildman–Crippen LogP) is 3.10. The van der Waals surface area contributed by atoms with Gasteiger partial charge in [-0.05, 0) is 20.2 Å². The molecular weight excluding hydrogens is 302 g/mol. The number of rotatable bonds is 6. The van der Waals surface area contributed by atoms with Gasteiger partial charge in [-0.15, -0.1) is 0 Å². The van der Waals surface area contributed by atoms with Gasteiger partial charge in [0.1, 0.15) is 17.7 Å². The zero-order valence-electron chi connectivity index (χ0n) is 13.2. The van der Waals surface area contributed by atoms with E-state index in [2.05, 4.69) is 10.3 Å². The van der Waals surface area contributed by atoms with Crippen molar-refractivity contribution in [1.29, 1.82) is 5.26 Å². The zero-order chi connectivity index (χ0) is 17.0. The van der Waals surface area contributed by atoms with Gasteiger partial charge in [-0.2, -0.15) is 5.26 Å². The largest absolute Gasteiger partial charge is 0.424 e. The summed E-state index contributed by atoms with van der Waals surface area (Å²) in [7, 11) is 3.58. The Hall–Kier alpha value is -2.46. The number of hydrogen-bond donors (Lipinski definition) is 1.